The summed E-state index contributed by atoms with van der Waals surface area (Å²) in [4.78, 5) is 17.1. The summed E-state index contributed by atoms with van der Waals surface area (Å²) in [6, 6.07) is 7.00. The van der Waals surface area contributed by atoms with Crippen molar-refractivity contribution in [3.63, 3.8) is 0 Å². The SMILES string of the molecule is O=C(CN1CCC2(CC1)Nc1ccccc1S(=O)(=O)N2)N1CCCCCC1. The van der Waals surface area contributed by atoms with Crippen LogP contribution in [0.4, 0.5) is 5.69 Å². The summed E-state index contributed by atoms with van der Waals surface area (Å²) in [6.07, 6.45) is 5.88. The molecule has 0 aromatic heterocycles. The fraction of sp³-hybridized carbons (Fsp3) is 0.632. The lowest BCUT2D eigenvalue weighted by atomic mass is 9.97. The molecule has 2 saturated heterocycles. The predicted octanol–water partition coefficient (Wildman–Crippen LogP) is 1.59. The van der Waals surface area contributed by atoms with Gasteiger partial charge in [0.05, 0.1) is 12.2 Å². The molecule has 0 unspecified atom stereocenters. The average molecular weight is 393 g/mol. The number of carbonyl (C=O) groups is 1. The maximum atomic E-state index is 12.6. The van der Waals surface area contributed by atoms with Crippen LogP contribution in [-0.2, 0) is 14.8 Å². The Kier molecular flexibility index (Phi) is 5.13. The molecule has 1 aromatic carbocycles. The van der Waals surface area contributed by atoms with E-state index in [4.69, 9.17) is 0 Å². The van der Waals surface area contributed by atoms with Crippen LogP contribution >= 0.6 is 0 Å². The second-order valence-electron chi connectivity index (χ2n) is 7.88. The second kappa shape index (κ2) is 7.41. The van der Waals surface area contributed by atoms with Gasteiger partial charge in [0.25, 0.3) is 0 Å². The van der Waals surface area contributed by atoms with E-state index in [0.717, 1.165) is 25.9 Å². The molecule has 0 bridgehead atoms. The van der Waals surface area contributed by atoms with Crippen LogP contribution in [-0.4, -0.2) is 62.5 Å². The molecular formula is C19H28N4O3S. The van der Waals surface area contributed by atoms with E-state index in [9.17, 15) is 13.2 Å². The predicted molar refractivity (Wildman–Crippen MR) is 104 cm³/mol. The molecule has 8 heteroatoms. The molecule has 0 radical (unpaired) electrons. The standard InChI is InChI=1S/C19H28N4O3S/c24-18(23-11-5-1-2-6-12-23)15-22-13-9-19(10-14-22)20-16-7-3-4-8-17(16)27(25,26)21-19/h3-4,7-8,20-21H,1-2,5-6,9-15H2. The van der Waals surface area contributed by atoms with Crippen molar-refractivity contribution >= 4 is 21.6 Å². The van der Waals surface area contributed by atoms with Crippen LogP contribution < -0.4 is 10.0 Å². The largest absolute Gasteiger partial charge is 0.365 e. The van der Waals surface area contributed by atoms with Gasteiger partial charge in [-0.05, 0) is 37.8 Å². The van der Waals surface area contributed by atoms with Gasteiger partial charge in [0, 0.05) is 26.2 Å². The molecule has 0 aliphatic carbocycles. The Morgan fingerprint density at radius 3 is 2.37 bits per heavy atom. The van der Waals surface area contributed by atoms with E-state index in [2.05, 4.69) is 14.9 Å². The summed E-state index contributed by atoms with van der Waals surface area (Å²) in [6.45, 7) is 3.55. The highest BCUT2D eigenvalue weighted by molar-refractivity contribution is 7.89. The third-order valence-corrected chi connectivity index (χ3v) is 7.50. The zero-order valence-electron chi connectivity index (χ0n) is 15.6. The number of nitrogens with zero attached hydrogens (tertiary/aromatic N) is 2. The molecule has 27 heavy (non-hydrogen) atoms. The van der Waals surface area contributed by atoms with Gasteiger partial charge in [-0.2, -0.15) is 4.72 Å². The molecule has 0 saturated carbocycles. The molecule has 1 spiro atoms. The highest BCUT2D eigenvalue weighted by Crippen LogP contribution is 2.34. The summed E-state index contributed by atoms with van der Waals surface area (Å²) in [5, 5.41) is 3.40. The van der Waals surface area contributed by atoms with Crippen LogP contribution in [0.15, 0.2) is 29.2 Å². The Balaban J connectivity index is 1.38. The van der Waals surface area contributed by atoms with Gasteiger partial charge in [0.1, 0.15) is 10.6 Å². The lowest BCUT2D eigenvalue weighted by molar-refractivity contribution is -0.132. The van der Waals surface area contributed by atoms with E-state index in [1.54, 1.807) is 12.1 Å². The van der Waals surface area contributed by atoms with Crippen LogP contribution in [0.1, 0.15) is 38.5 Å². The Hall–Kier alpha value is -1.64. The smallest absolute Gasteiger partial charge is 0.244 e. The van der Waals surface area contributed by atoms with Crippen molar-refractivity contribution in [2.75, 3.05) is 38.0 Å². The summed E-state index contributed by atoms with van der Waals surface area (Å²) in [5.74, 6) is 0.204. The molecule has 3 aliphatic heterocycles. The molecule has 0 atom stereocenters. The van der Waals surface area contributed by atoms with E-state index in [0.29, 0.717) is 43.1 Å². The Morgan fingerprint density at radius 2 is 1.67 bits per heavy atom. The number of piperidine rings is 1. The third kappa shape index (κ3) is 3.97. The van der Waals surface area contributed by atoms with Gasteiger partial charge >= 0.3 is 0 Å². The second-order valence-corrected chi connectivity index (χ2v) is 9.53. The minimum Gasteiger partial charge on any atom is -0.365 e. The molecule has 148 valence electrons. The first kappa shape index (κ1) is 18.7. The van der Waals surface area contributed by atoms with Crippen molar-refractivity contribution in [3.8, 4) is 0 Å². The molecule has 7 nitrogen and oxygen atoms in total. The summed E-state index contributed by atoms with van der Waals surface area (Å²) < 4.78 is 28.1. The topological polar surface area (TPSA) is 81.8 Å². The van der Waals surface area contributed by atoms with Crippen LogP contribution in [0.25, 0.3) is 0 Å². The normalized spacial score (nSPS) is 24.7. The molecule has 3 heterocycles. The fourth-order valence-corrected chi connectivity index (χ4v) is 5.88. The lowest BCUT2D eigenvalue weighted by Gasteiger charge is -2.45. The zero-order valence-corrected chi connectivity index (χ0v) is 16.4. The highest BCUT2D eigenvalue weighted by atomic mass is 32.2. The van der Waals surface area contributed by atoms with Crippen molar-refractivity contribution in [1.82, 2.24) is 14.5 Å². The van der Waals surface area contributed by atoms with Gasteiger partial charge in [0.15, 0.2) is 0 Å². The van der Waals surface area contributed by atoms with E-state index in [1.165, 1.54) is 12.8 Å². The monoisotopic (exact) mass is 392 g/mol. The van der Waals surface area contributed by atoms with Crippen molar-refractivity contribution < 1.29 is 13.2 Å². The maximum absolute atomic E-state index is 12.6. The van der Waals surface area contributed by atoms with E-state index >= 15 is 0 Å². The average Bonchev–Trinajstić information content (AvgIpc) is 2.93. The Morgan fingerprint density at radius 1 is 1.00 bits per heavy atom. The molecule has 4 rings (SSSR count). The molecule has 2 fully saturated rings. The van der Waals surface area contributed by atoms with Crippen LogP contribution in [0.5, 0.6) is 0 Å². The number of carbonyl (C=O) groups excluding carboxylic acids is 1. The zero-order chi connectivity index (χ0) is 18.9. The summed E-state index contributed by atoms with van der Waals surface area (Å²) >= 11 is 0. The van der Waals surface area contributed by atoms with Gasteiger partial charge in [0.2, 0.25) is 15.9 Å². The molecule has 1 amide bonds. The number of rotatable bonds is 2. The molecule has 2 N–H and O–H groups in total. The molecule has 3 aliphatic rings. The number of fused-ring (bicyclic) bond motifs is 1. The van der Waals surface area contributed by atoms with Crippen molar-refractivity contribution in [3.05, 3.63) is 24.3 Å². The number of para-hydroxylation sites is 1. The fourth-order valence-electron chi connectivity index (χ4n) is 4.33. The quantitative estimate of drug-likeness (QED) is 0.799. The van der Waals surface area contributed by atoms with Gasteiger partial charge in [-0.15, -0.1) is 0 Å². The van der Waals surface area contributed by atoms with Crippen LogP contribution in [0, 0.1) is 0 Å². The lowest BCUT2D eigenvalue weighted by Crippen LogP contribution is -2.62. The number of sulfonamides is 1. The van der Waals surface area contributed by atoms with Crippen LogP contribution in [0.3, 0.4) is 0 Å². The molecule has 1 aromatic rings. The number of hydrogen-bond acceptors (Lipinski definition) is 5. The van der Waals surface area contributed by atoms with Gasteiger partial charge < -0.3 is 10.2 Å². The minimum absolute atomic E-state index is 0.204. The number of amides is 1. The Bertz CT molecular complexity index is 795. The van der Waals surface area contributed by atoms with Crippen molar-refractivity contribution in [2.24, 2.45) is 0 Å². The first-order valence-electron chi connectivity index (χ1n) is 9.89. The minimum atomic E-state index is -3.52. The first-order valence-corrected chi connectivity index (χ1v) is 11.4. The number of likely N-dealkylation sites (tertiary alicyclic amines) is 2. The third-order valence-electron chi connectivity index (χ3n) is 5.91. The number of hydrogen-bond donors (Lipinski definition) is 2. The summed E-state index contributed by atoms with van der Waals surface area (Å²) in [7, 11) is -3.52. The van der Waals surface area contributed by atoms with Crippen molar-refractivity contribution in [2.45, 2.75) is 49.1 Å². The maximum Gasteiger partial charge on any atom is 0.244 e. The van der Waals surface area contributed by atoms with Gasteiger partial charge in [-0.25, -0.2) is 8.42 Å². The number of benzene rings is 1. The first-order chi connectivity index (χ1) is 13.0. The van der Waals surface area contributed by atoms with Gasteiger partial charge in [-0.1, -0.05) is 25.0 Å². The highest BCUT2D eigenvalue weighted by Gasteiger charge is 2.43. The number of nitrogens with one attached hydrogen (secondary N) is 2. The van der Waals surface area contributed by atoms with E-state index in [1.807, 2.05) is 17.0 Å². The summed E-state index contributed by atoms with van der Waals surface area (Å²) in [5.41, 5.74) is 0.000323. The number of anilines is 1. The van der Waals surface area contributed by atoms with E-state index in [-0.39, 0.29) is 5.91 Å². The van der Waals surface area contributed by atoms with Crippen molar-refractivity contribution in [1.29, 1.82) is 0 Å². The van der Waals surface area contributed by atoms with E-state index < -0.39 is 15.7 Å². The van der Waals surface area contributed by atoms with Gasteiger partial charge in [-0.3, -0.25) is 9.69 Å². The molecular weight excluding hydrogens is 364 g/mol. The Labute approximate surface area is 161 Å². The van der Waals surface area contributed by atoms with Crippen LogP contribution in [0.2, 0.25) is 0 Å².